The van der Waals surface area contributed by atoms with Crippen molar-refractivity contribution < 1.29 is 4.42 Å². The van der Waals surface area contributed by atoms with Gasteiger partial charge in [-0.25, -0.2) is 0 Å². The average molecular weight is 840 g/mol. The van der Waals surface area contributed by atoms with Crippen LogP contribution in [-0.2, 0) is 0 Å². The second kappa shape index (κ2) is 15.5. The molecule has 0 N–H and O–H groups in total. The van der Waals surface area contributed by atoms with Crippen molar-refractivity contribution in [2.75, 3.05) is 4.90 Å². The van der Waals surface area contributed by atoms with Crippen molar-refractivity contribution >= 4 is 82.1 Å². The Bertz CT molecular complexity index is 3970. The van der Waals surface area contributed by atoms with Crippen LogP contribution in [0.3, 0.4) is 0 Å². The lowest BCUT2D eigenvalue weighted by Gasteiger charge is -2.28. The number of para-hydroxylation sites is 2. The largest absolute Gasteiger partial charge is 0.456 e. The van der Waals surface area contributed by atoms with Crippen LogP contribution in [0.4, 0.5) is 17.1 Å². The lowest BCUT2D eigenvalue weighted by molar-refractivity contribution is 0.669. The van der Waals surface area contributed by atoms with Crippen molar-refractivity contribution in [3.05, 3.63) is 249 Å². The smallest absolute Gasteiger partial charge is 0.136 e. The quantitative estimate of drug-likeness (QED) is 0.149. The molecule has 0 aliphatic rings. The van der Waals surface area contributed by atoms with Gasteiger partial charge >= 0.3 is 0 Å². The molecule has 13 rings (SSSR count). The van der Waals surface area contributed by atoms with Crippen molar-refractivity contribution in [3.8, 4) is 44.5 Å². The molecular formula is C64H41NO. The maximum Gasteiger partial charge on any atom is 0.136 e. The van der Waals surface area contributed by atoms with E-state index >= 15 is 0 Å². The predicted octanol–water partition coefficient (Wildman–Crippen LogP) is 18.3. The monoisotopic (exact) mass is 839 g/mol. The first-order chi connectivity index (χ1) is 32.7. The average Bonchev–Trinajstić information content (AvgIpc) is 3.78. The SMILES string of the molecule is c1ccc(N(c2ccc(-c3ccc(-c4ccc5ccc6ccccc6c5c4)cc3)cc2)c2ccc(-c3cccc4oc5ccccc5c34)cc2)c(-c2cccc3c2ccc2ccccc23)c1. The van der Waals surface area contributed by atoms with E-state index in [1.54, 1.807) is 0 Å². The number of anilines is 3. The summed E-state index contributed by atoms with van der Waals surface area (Å²) in [5, 5.41) is 12.3. The van der Waals surface area contributed by atoms with Crippen LogP contribution in [0.25, 0.3) is 110 Å². The van der Waals surface area contributed by atoms with Crippen molar-refractivity contribution in [1.29, 1.82) is 0 Å². The van der Waals surface area contributed by atoms with Gasteiger partial charge in [-0.05, 0) is 131 Å². The Morgan fingerprint density at radius 3 is 1.47 bits per heavy atom. The summed E-state index contributed by atoms with van der Waals surface area (Å²) < 4.78 is 6.29. The molecule has 0 bridgehead atoms. The number of furan rings is 1. The van der Waals surface area contributed by atoms with Crippen LogP contribution in [0.5, 0.6) is 0 Å². The third-order valence-corrected chi connectivity index (χ3v) is 13.5. The van der Waals surface area contributed by atoms with Gasteiger partial charge in [0.25, 0.3) is 0 Å². The minimum atomic E-state index is 0.897. The number of benzene rings is 12. The molecule has 0 aliphatic carbocycles. The van der Waals surface area contributed by atoms with Gasteiger partial charge in [-0.3, -0.25) is 0 Å². The van der Waals surface area contributed by atoms with Gasteiger partial charge in [-0.1, -0.05) is 200 Å². The molecular weight excluding hydrogens is 799 g/mol. The fraction of sp³-hybridized carbons (Fsp3) is 0. The first-order valence-corrected chi connectivity index (χ1v) is 22.7. The zero-order valence-electron chi connectivity index (χ0n) is 36.0. The molecule has 1 heterocycles. The predicted molar refractivity (Wildman–Crippen MR) is 280 cm³/mol. The van der Waals surface area contributed by atoms with Crippen LogP contribution in [-0.4, -0.2) is 0 Å². The highest BCUT2D eigenvalue weighted by atomic mass is 16.3. The Kier molecular flexibility index (Phi) is 8.89. The van der Waals surface area contributed by atoms with Gasteiger partial charge in [0, 0.05) is 27.7 Å². The number of hydrogen-bond donors (Lipinski definition) is 0. The third kappa shape index (κ3) is 6.34. The van der Waals surface area contributed by atoms with Crippen LogP contribution in [0.15, 0.2) is 253 Å². The molecule has 0 saturated heterocycles. The molecule has 0 amide bonds. The van der Waals surface area contributed by atoms with E-state index in [1.165, 1.54) is 76.5 Å². The molecule has 0 radical (unpaired) electrons. The first-order valence-electron chi connectivity index (χ1n) is 22.7. The van der Waals surface area contributed by atoms with Crippen molar-refractivity contribution in [3.63, 3.8) is 0 Å². The zero-order chi connectivity index (χ0) is 43.6. The molecule has 0 saturated carbocycles. The summed E-state index contributed by atoms with van der Waals surface area (Å²) in [6, 6.07) is 90.3. The highest BCUT2D eigenvalue weighted by Crippen LogP contribution is 2.45. The Morgan fingerprint density at radius 1 is 0.258 bits per heavy atom. The lowest BCUT2D eigenvalue weighted by atomic mass is 9.93. The van der Waals surface area contributed by atoms with E-state index in [2.05, 4.69) is 241 Å². The summed E-state index contributed by atoms with van der Waals surface area (Å²) in [6.07, 6.45) is 0. The summed E-state index contributed by atoms with van der Waals surface area (Å²) in [6.45, 7) is 0. The molecule has 13 aromatic rings. The molecule has 0 fully saturated rings. The Balaban J connectivity index is 0.905. The van der Waals surface area contributed by atoms with Crippen LogP contribution in [0.1, 0.15) is 0 Å². The second-order valence-electron chi connectivity index (χ2n) is 17.2. The minimum Gasteiger partial charge on any atom is -0.456 e. The molecule has 2 nitrogen and oxygen atoms in total. The number of rotatable bonds is 7. The topological polar surface area (TPSA) is 16.4 Å². The fourth-order valence-electron chi connectivity index (χ4n) is 10.2. The van der Waals surface area contributed by atoms with Crippen LogP contribution < -0.4 is 4.90 Å². The van der Waals surface area contributed by atoms with Crippen LogP contribution in [0, 0.1) is 0 Å². The zero-order valence-corrected chi connectivity index (χ0v) is 36.0. The Hall–Kier alpha value is -8.72. The molecule has 0 spiro atoms. The molecule has 308 valence electrons. The normalized spacial score (nSPS) is 11.6. The summed E-state index contributed by atoms with van der Waals surface area (Å²) in [5.41, 5.74) is 14.5. The third-order valence-electron chi connectivity index (χ3n) is 13.5. The van der Waals surface area contributed by atoms with Gasteiger partial charge in [-0.15, -0.1) is 0 Å². The number of hydrogen-bond acceptors (Lipinski definition) is 2. The minimum absolute atomic E-state index is 0.897. The van der Waals surface area contributed by atoms with Crippen molar-refractivity contribution in [2.45, 2.75) is 0 Å². The highest BCUT2D eigenvalue weighted by molar-refractivity contribution is 6.14. The van der Waals surface area contributed by atoms with Gasteiger partial charge in [0.05, 0.1) is 5.69 Å². The van der Waals surface area contributed by atoms with Gasteiger partial charge in [0.15, 0.2) is 0 Å². The van der Waals surface area contributed by atoms with E-state index in [9.17, 15) is 0 Å². The van der Waals surface area contributed by atoms with E-state index in [-0.39, 0.29) is 0 Å². The van der Waals surface area contributed by atoms with E-state index in [0.717, 1.165) is 50.1 Å². The molecule has 66 heavy (non-hydrogen) atoms. The maximum absolute atomic E-state index is 6.29. The lowest BCUT2D eigenvalue weighted by Crippen LogP contribution is -2.11. The van der Waals surface area contributed by atoms with Gasteiger partial charge < -0.3 is 9.32 Å². The molecule has 0 aliphatic heterocycles. The van der Waals surface area contributed by atoms with E-state index in [0.29, 0.717) is 0 Å². The van der Waals surface area contributed by atoms with E-state index < -0.39 is 0 Å². The first kappa shape index (κ1) is 37.8. The van der Waals surface area contributed by atoms with Gasteiger partial charge in [0.1, 0.15) is 11.2 Å². The summed E-state index contributed by atoms with van der Waals surface area (Å²) in [7, 11) is 0. The Morgan fingerprint density at radius 2 is 0.727 bits per heavy atom. The summed E-state index contributed by atoms with van der Waals surface area (Å²) in [5.74, 6) is 0. The Labute approximate surface area is 382 Å². The van der Waals surface area contributed by atoms with Crippen LogP contribution >= 0.6 is 0 Å². The highest BCUT2D eigenvalue weighted by Gasteiger charge is 2.20. The second-order valence-corrected chi connectivity index (χ2v) is 17.2. The standard InChI is InChI=1S/C64H41NO/c1-3-13-52-46(12-1)35-40-57-55(52)18-9-19-56(57)58-15-5-7-20-61(58)65(51-38-33-47(34-39-51)54-17-10-22-63-64(54)59-16-6-8-21-62(59)66-63)50-36-31-43(32-37-50)42-23-25-44(26-24-42)49-30-29-48-28-27-45-11-2-4-14-53(45)60(48)41-49/h1-41H. The maximum atomic E-state index is 6.29. The van der Waals surface area contributed by atoms with E-state index in [1.807, 2.05) is 12.1 Å². The molecule has 0 atom stereocenters. The number of nitrogens with zero attached hydrogens (tertiary/aromatic N) is 1. The van der Waals surface area contributed by atoms with Gasteiger partial charge in [-0.2, -0.15) is 0 Å². The number of fused-ring (bicyclic) bond motifs is 9. The summed E-state index contributed by atoms with van der Waals surface area (Å²) >= 11 is 0. The van der Waals surface area contributed by atoms with Crippen molar-refractivity contribution in [1.82, 2.24) is 0 Å². The fourth-order valence-corrected chi connectivity index (χ4v) is 10.2. The van der Waals surface area contributed by atoms with Crippen LogP contribution in [0.2, 0.25) is 0 Å². The molecule has 1 aromatic heterocycles. The van der Waals surface area contributed by atoms with Crippen molar-refractivity contribution in [2.24, 2.45) is 0 Å². The molecule has 0 unspecified atom stereocenters. The summed E-state index contributed by atoms with van der Waals surface area (Å²) in [4.78, 5) is 2.41. The van der Waals surface area contributed by atoms with Gasteiger partial charge in [0.2, 0.25) is 0 Å². The molecule has 12 aromatic carbocycles. The van der Waals surface area contributed by atoms with E-state index in [4.69, 9.17) is 4.42 Å². The molecule has 2 heteroatoms.